The molecule has 1 saturated heterocycles. The average molecular weight is 475 g/mol. The quantitative estimate of drug-likeness (QED) is 0.544. The molecular formula is C30H38N2O3. The number of amides is 1. The van der Waals surface area contributed by atoms with Gasteiger partial charge in [0, 0.05) is 30.6 Å². The summed E-state index contributed by atoms with van der Waals surface area (Å²) in [4.78, 5) is 15.6. The lowest BCUT2D eigenvalue weighted by Gasteiger charge is -2.53. The molecule has 2 aromatic carbocycles. The average Bonchev–Trinajstić information content (AvgIpc) is 3.71. The van der Waals surface area contributed by atoms with E-state index in [0.29, 0.717) is 5.92 Å². The van der Waals surface area contributed by atoms with Gasteiger partial charge in [-0.25, -0.2) is 0 Å². The Labute approximate surface area is 209 Å². The van der Waals surface area contributed by atoms with E-state index in [0.717, 1.165) is 55.2 Å². The predicted octanol–water partition coefficient (Wildman–Crippen LogP) is 5.06. The molecule has 1 heterocycles. The highest BCUT2D eigenvalue weighted by molar-refractivity contribution is 5.92. The van der Waals surface area contributed by atoms with Crippen LogP contribution in [0.3, 0.4) is 0 Å². The van der Waals surface area contributed by atoms with E-state index >= 15 is 0 Å². The van der Waals surface area contributed by atoms with Gasteiger partial charge in [-0.3, -0.25) is 4.79 Å². The van der Waals surface area contributed by atoms with Crippen LogP contribution in [0.25, 0.3) is 6.08 Å². The molecule has 5 heteroatoms. The van der Waals surface area contributed by atoms with Crippen LogP contribution in [0.4, 0.5) is 0 Å². The fraction of sp³-hybridized carbons (Fsp3) is 0.500. The highest BCUT2D eigenvalue weighted by Gasteiger charge is 2.48. The molecule has 1 amide bonds. The molecule has 5 rings (SSSR count). The summed E-state index contributed by atoms with van der Waals surface area (Å²) < 4.78 is 10.9. The van der Waals surface area contributed by atoms with Crippen molar-refractivity contribution in [3.63, 3.8) is 0 Å². The SMILES string of the molecule is COc1cccc(/C=C/C(=O)NC2CCC3CN(CC4CC4)CCC3(c3cccc(OC)c3)C2)c1. The number of fused-ring (bicyclic) bond motifs is 1. The van der Waals surface area contributed by atoms with E-state index in [1.54, 1.807) is 20.3 Å². The molecule has 3 atom stereocenters. The molecule has 5 nitrogen and oxygen atoms in total. The third kappa shape index (κ3) is 5.56. The summed E-state index contributed by atoms with van der Waals surface area (Å²) in [5.41, 5.74) is 2.42. The third-order valence-electron chi connectivity index (χ3n) is 8.33. The number of ether oxygens (including phenoxy) is 2. The number of carbonyl (C=O) groups is 1. The molecular weight excluding hydrogens is 436 g/mol. The normalized spacial score (nSPS) is 26.8. The van der Waals surface area contributed by atoms with Crippen molar-refractivity contribution >= 4 is 12.0 Å². The summed E-state index contributed by atoms with van der Waals surface area (Å²) in [6, 6.07) is 16.6. The van der Waals surface area contributed by atoms with Crippen molar-refractivity contribution in [3.8, 4) is 11.5 Å². The van der Waals surface area contributed by atoms with Crippen LogP contribution >= 0.6 is 0 Å². The third-order valence-corrected chi connectivity index (χ3v) is 8.33. The molecule has 0 radical (unpaired) electrons. The number of nitrogens with zero attached hydrogens (tertiary/aromatic N) is 1. The number of hydrogen-bond donors (Lipinski definition) is 1. The van der Waals surface area contributed by atoms with Crippen LogP contribution in [0.5, 0.6) is 11.5 Å². The molecule has 1 aliphatic heterocycles. The molecule has 2 aromatic rings. The van der Waals surface area contributed by atoms with Gasteiger partial charge in [0.2, 0.25) is 5.91 Å². The van der Waals surface area contributed by atoms with Gasteiger partial charge >= 0.3 is 0 Å². The van der Waals surface area contributed by atoms with E-state index in [2.05, 4.69) is 28.4 Å². The highest BCUT2D eigenvalue weighted by Crippen LogP contribution is 2.50. The number of methoxy groups -OCH3 is 2. The minimum Gasteiger partial charge on any atom is -0.497 e. The zero-order valence-corrected chi connectivity index (χ0v) is 21.0. The fourth-order valence-corrected chi connectivity index (χ4v) is 6.27. The van der Waals surface area contributed by atoms with Gasteiger partial charge in [0.25, 0.3) is 0 Å². The van der Waals surface area contributed by atoms with E-state index in [1.165, 1.54) is 31.5 Å². The Morgan fingerprint density at radius 2 is 1.83 bits per heavy atom. The van der Waals surface area contributed by atoms with E-state index in [9.17, 15) is 4.79 Å². The van der Waals surface area contributed by atoms with Crippen molar-refractivity contribution in [3.05, 3.63) is 65.7 Å². The number of benzene rings is 2. The molecule has 35 heavy (non-hydrogen) atoms. The van der Waals surface area contributed by atoms with Crippen LogP contribution in [0, 0.1) is 11.8 Å². The maximum atomic E-state index is 12.9. The second-order valence-electron chi connectivity index (χ2n) is 10.6. The Bertz CT molecular complexity index is 1060. The second-order valence-corrected chi connectivity index (χ2v) is 10.6. The zero-order valence-electron chi connectivity index (χ0n) is 21.0. The van der Waals surface area contributed by atoms with E-state index in [4.69, 9.17) is 9.47 Å². The van der Waals surface area contributed by atoms with Gasteiger partial charge in [-0.15, -0.1) is 0 Å². The number of nitrogens with one attached hydrogen (secondary N) is 1. The fourth-order valence-electron chi connectivity index (χ4n) is 6.27. The van der Waals surface area contributed by atoms with Gasteiger partial charge in [0.05, 0.1) is 14.2 Å². The number of rotatable bonds is 8. The molecule has 3 unspecified atom stereocenters. The van der Waals surface area contributed by atoms with Crippen LogP contribution in [0.2, 0.25) is 0 Å². The molecule has 3 aliphatic rings. The topological polar surface area (TPSA) is 50.8 Å². The van der Waals surface area contributed by atoms with Crippen LogP contribution < -0.4 is 14.8 Å². The Morgan fingerprint density at radius 1 is 1.06 bits per heavy atom. The molecule has 2 aliphatic carbocycles. The molecule has 0 spiro atoms. The Kier molecular flexibility index (Phi) is 7.14. The first-order chi connectivity index (χ1) is 17.1. The number of likely N-dealkylation sites (tertiary alicyclic amines) is 1. The predicted molar refractivity (Wildman–Crippen MR) is 140 cm³/mol. The van der Waals surface area contributed by atoms with Gasteiger partial charge in [-0.1, -0.05) is 24.3 Å². The molecule has 0 bridgehead atoms. The van der Waals surface area contributed by atoms with Crippen LogP contribution in [0.1, 0.15) is 49.7 Å². The van der Waals surface area contributed by atoms with Crippen LogP contribution in [-0.4, -0.2) is 50.7 Å². The minimum absolute atomic E-state index is 0.0248. The van der Waals surface area contributed by atoms with Crippen molar-refractivity contribution < 1.29 is 14.3 Å². The first-order valence-electron chi connectivity index (χ1n) is 13.1. The van der Waals surface area contributed by atoms with Crippen LogP contribution in [-0.2, 0) is 10.2 Å². The Balaban J connectivity index is 1.31. The Morgan fingerprint density at radius 3 is 2.60 bits per heavy atom. The van der Waals surface area contributed by atoms with Crippen molar-refractivity contribution in [2.75, 3.05) is 33.9 Å². The first-order valence-corrected chi connectivity index (χ1v) is 13.1. The number of carbonyl (C=O) groups excluding carboxylic acids is 1. The van der Waals surface area contributed by atoms with E-state index < -0.39 is 0 Å². The molecule has 2 saturated carbocycles. The number of piperidine rings is 1. The van der Waals surface area contributed by atoms with Gasteiger partial charge < -0.3 is 19.7 Å². The molecule has 186 valence electrons. The molecule has 1 N–H and O–H groups in total. The highest BCUT2D eigenvalue weighted by atomic mass is 16.5. The molecule has 0 aromatic heterocycles. The standard InChI is InChI=1S/C30H38N2O3/c1-34-27-7-3-5-22(17-27)11-14-29(33)31-26-13-12-25-21-32(20-23-9-10-23)16-15-30(25,19-26)24-6-4-8-28(18-24)35-2/h3-8,11,14,17-18,23,25-26H,9-10,12-13,15-16,19-21H2,1-2H3,(H,31,33)/b14-11+. The van der Waals surface area contributed by atoms with Crippen LogP contribution in [0.15, 0.2) is 54.6 Å². The lowest BCUT2D eigenvalue weighted by Crippen LogP contribution is -2.56. The van der Waals surface area contributed by atoms with Crippen molar-refractivity contribution in [1.29, 1.82) is 0 Å². The van der Waals surface area contributed by atoms with Gasteiger partial charge in [-0.2, -0.15) is 0 Å². The smallest absolute Gasteiger partial charge is 0.244 e. The monoisotopic (exact) mass is 474 g/mol. The Hall–Kier alpha value is -2.79. The summed E-state index contributed by atoms with van der Waals surface area (Å²) in [6.45, 7) is 3.57. The van der Waals surface area contributed by atoms with Crippen molar-refractivity contribution in [2.45, 2.75) is 50.0 Å². The minimum atomic E-state index is -0.0248. The van der Waals surface area contributed by atoms with E-state index in [1.807, 2.05) is 36.4 Å². The summed E-state index contributed by atoms with van der Waals surface area (Å²) in [5.74, 6) is 3.22. The molecule has 3 fully saturated rings. The maximum Gasteiger partial charge on any atom is 0.244 e. The lowest BCUT2D eigenvalue weighted by molar-refractivity contribution is -0.117. The summed E-state index contributed by atoms with van der Waals surface area (Å²) >= 11 is 0. The van der Waals surface area contributed by atoms with Crippen molar-refractivity contribution in [2.24, 2.45) is 11.8 Å². The van der Waals surface area contributed by atoms with Crippen molar-refractivity contribution in [1.82, 2.24) is 10.2 Å². The maximum absolute atomic E-state index is 12.9. The second kappa shape index (κ2) is 10.4. The number of hydrogen-bond acceptors (Lipinski definition) is 4. The summed E-state index contributed by atoms with van der Waals surface area (Å²) in [5, 5.41) is 3.33. The largest absolute Gasteiger partial charge is 0.497 e. The van der Waals surface area contributed by atoms with Gasteiger partial charge in [-0.05, 0) is 98.4 Å². The van der Waals surface area contributed by atoms with Gasteiger partial charge in [0.15, 0.2) is 0 Å². The first kappa shape index (κ1) is 23.9. The van der Waals surface area contributed by atoms with Gasteiger partial charge in [0.1, 0.15) is 11.5 Å². The lowest BCUT2D eigenvalue weighted by atomic mass is 9.58. The summed E-state index contributed by atoms with van der Waals surface area (Å²) in [6.07, 6.45) is 10.6. The van der Waals surface area contributed by atoms with E-state index in [-0.39, 0.29) is 17.4 Å². The zero-order chi connectivity index (χ0) is 24.3. The summed E-state index contributed by atoms with van der Waals surface area (Å²) in [7, 11) is 3.39.